The molecule has 0 saturated heterocycles. The van der Waals surface area contributed by atoms with Crippen molar-refractivity contribution in [3.63, 3.8) is 0 Å². The van der Waals surface area contributed by atoms with Gasteiger partial charge in [-0.05, 0) is 115 Å². The number of rotatable bonds is 4. The highest BCUT2D eigenvalue weighted by molar-refractivity contribution is 6.08. The molecule has 0 heterocycles. The van der Waals surface area contributed by atoms with Crippen LogP contribution in [0.15, 0.2) is 237 Å². The summed E-state index contributed by atoms with van der Waals surface area (Å²) in [6.45, 7) is 6.25. The molecule has 10 aromatic rings. The number of fused-ring (bicyclic) bond motifs is 11. The Kier molecular flexibility index (Phi) is 10.9. The summed E-state index contributed by atoms with van der Waals surface area (Å²) in [5, 5.41) is 2.55. The molecule has 64 heavy (non-hydrogen) atoms. The summed E-state index contributed by atoms with van der Waals surface area (Å²) < 4.78 is 0. The number of aryl methyl sites for hydroxylation is 2. The molecular formula is C63H51N. The molecule has 0 saturated carbocycles. The quantitative estimate of drug-likeness (QED) is 0.188. The predicted octanol–water partition coefficient (Wildman–Crippen LogP) is 16.2. The predicted molar refractivity (Wildman–Crippen MR) is 272 cm³/mol. The zero-order chi connectivity index (χ0) is 43.6. The van der Waals surface area contributed by atoms with Gasteiger partial charge in [0.1, 0.15) is 0 Å². The summed E-state index contributed by atoms with van der Waals surface area (Å²) in [6, 6.07) is 85.8. The third kappa shape index (κ3) is 7.15. The van der Waals surface area contributed by atoms with E-state index in [-0.39, 0.29) is 11.5 Å². The van der Waals surface area contributed by atoms with Crippen LogP contribution in [0.1, 0.15) is 51.9 Å². The van der Waals surface area contributed by atoms with E-state index in [2.05, 4.69) is 214 Å². The third-order valence-electron chi connectivity index (χ3n) is 13.1. The van der Waals surface area contributed by atoms with Crippen LogP contribution in [0.2, 0.25) is 0 Å². The van der Waals surface area contributed by atoms with Crippen LogP contribution in [-0.2, 0) is 5.41 Å². The molecule has 308 valence electrons. The van der Waals surface area contributed by atoms with E-state index >= 15 is 0 Å². The maximum atomic E-state index is 5.61. The third-order valence-corrected chi connectivity index (χ3v) is 13.1. The number of hydrogen-bond acceptors (Lipinski definition) is 1. The van der Waals surface area contributed by atoms with E-state index in [0.29, 0.717) is 0 Å². The second-order valence-electron chi connectivity index (χ2n) is 17.1. The van der Waals surface area contributed by atoms with Gasteiger partial charge in [-0.1, -0.05) is 248 Å². The van der Waals surface area contributed by atoms with E-state index < -0.39 is 0 Å². The fraction of sp³-hybridized carbons (Fsp3) is 0.0794. The molecule has 0 aromatic heterocycles. The van der Waals surface area contributed by atoms with Crippen molar-refractivity contribution >= 4 is 10.8 Å². The lowest BCUT2D eigenvalue weighted by Gasteiger charge is -2.30. The van der Waals surface area contributed by atoms with Crippen LogP contribution >= 0.6 is 0 Å². The molecule has 12 rings (SSSR count). The Balaban J connectivity index is 0.000000180. The van der Waals surface area contributed by atoms with Crippen LogP contribution in [-0.4, -0.2) is 0 Å². The van der Waals surface area contributed by atoms with Gasteiger partial charge in [-0.3, -0.25) is 0 Å². The van der Waals surface area contributed by atoms with Gasteiger partial charge in [0.05, 0.1) is 5.41 Å². The molecular weight excluding hydrogens is 771 g/mol. The van der Waals surface area contributed by atoms with Gasteiger partial charge >= 0.3 is 0 Å². The van der Waals surface area contributed by atoms with Gasteiger partial charge in [-0.2, -0.15) is 0 Å². The van der Waals surface area contributed by atoms with Gasteiger partial charge in [0.25, 0.3) is 0 Å². The van der Waals surface area contributed by atoms with Crippen molar-refractivity contribution in [3.05, 3.63) is 276 Å². The van der Waals surface area contributed by atoms with Crippen molar-refractivity contribution < 1.29 is 0 Å². The molecule has 0 radical (unpaired) electrons. The lowest BCUT2D eigenvalue weighted by Crippen LogP contribution is -2.25. The van der Waals surface area contributed by atoms with Crippen molar-refractivity contribution in [2.24, 2.45) is 5.73 Å². The van der Waals surface area contributed by atoms with Crippen LogP contribution in [0.5, 0.6) is 0 Å². The van der Waals surface area contributed by atoms with Crippen LogP contribution < -0.4 is 5.73 Å². The number of nitrogens with two attached hydrogens (primary N) is 1. The van der Waals surface area contributed by atoms with Gasteiger partial charge in [0.2, 0.25) is 0 Å². The molecule has 2 N–H and O–H groups in total. The van der Waals surface area contributed by atoms with Crippen LogP contribution in [0.3, 0.4) is 0 Å². The molecule has 1 atom stereocenters. The lowest BCUT2D eigenvalue weighted by molar-refractivity contribution is 0.794. The molecule has 2 aliphatic rings. The molecule has 0 fully saturated rings. The van der Waals surface area contributed by atoms with Crippen molar-refractivity contribution in [2.75, 3.05) is 0 Å². The van der Waals surface area contributed by atoms with Crippen molar-refractivity contribution in [1.82, 2.24) is 0 Å². The van der Waals surface area contributed by atoms with Gasteiger partial charge in [-0.25, -0.2) is 0 Å². The van der Waals surface area contributed by atoms with E-state index in [1.807, 2.05) is 43.3 Å². The average molecular weight is 822 g/mol. The Morgan fingerprint density at radius 2 is 0.766 bits per heavy atom. The van der Waals surface area contributed by atoms with E-state index in [1.54, 1.807) is 0 Å². The molecule has 1 spiro atoms. The zero-order valence-electron chi connectivity index (χ0n) is 36.7. The minimum atomic E-state index is -0.337. The van der Waals surface area contributed by atoms with E-state index in [4.69, 9.17) is 5.73 Å². The van der Waals surface area contributed by atoms with Gasteiger partial charge in [-0.15, -0.1) is 0 Å². The molecule has 0 bridgehead atoms. The van der Waals surface area contributed by atoms with E-state index in [9.17, 15) is 0 Å². The van der Waals surface area contributed by atoms with Crippen LogP contribution in [0.4, 0.5) is 0 Å². The Morgan fingerprint density at radius 1 is 0.328 bits per heavy atom. The van der Waals surface area contributed by atoms with Crippen molar-refractivity contribution in [2.45, 2.75) is 32.2 Å². The lowest BCUT2D eigenvalue weighted by atomic mass is 9.70. The highest BCUT2D eigenvalue weighted by atomic mass is 14.6. The molecule has 0 amide bonds. The Labute approximate surface area is 378 Å². The second-order valence-corrected chi connectivity index (χ2v) is 17.1. The maximum absolute atomic E-state index is 5.61. The molecule has 1 unspecified atom stereocenters. The van der Waals surface area contributed by atoms with Crippen molar-refractivity contribution in [3.8, 4) is 55.6 Å². The number of benzene rings is 10. The Hall–Kier alpha value is -7.58. The molecule has 1 nitrogen and oxygen atoms in total. The first-order valence-corrected chi connectivity index (χ1v) is 22.4. The normalized spacial score (nSPS) is 12.8. The molecule has 10 aromatic carbocycles. The second kappa shape index (κ2) is 17.3. The summed E-state index contributed by atoms with van der Waals surface area (Å²) in [5.74, 6) is 0. The first kappa shape index (κ1) is 40.5. The molecule has 2 aliphatic carbocycles. The zero-order valence-corrected chi connectivity index (χ0v) is 36.7. The first-order valence-electron chi connectivity index (χ1n) is 22.4. The van der Waals surface area contributed by atoms with Crippen LogP contribution in [0, 0.1) is 13.8 Å². The fourth-order valence-electron chi connectivity index (χ4n) is 10.0. The first-order chi connectivity index (χ1) is 31.4. The molecule has 1 heteroatoms. The number of hydrogen-bond donors (Lipinski definition) is 1. The monoisotopic (exact) mass is 821 g/mol. The maximum Gasteiger partial charge on any atom is 0.0725 e. The topological polar surface area (TPSA) is 26.0 Å². The average Bonchev–Trinajstić information content (AvgIpc) is 3.83. The highest BCUT2D eigenvalue weighted by Gasteiger charge is 2.52. The highest BCUT2D eigenvalue weighted by Crippen LogP contribution is 2.64. The van der Waals surface area contributed by atoms with E-state index in [1.165, 1.54) is 105 Å². The summed E-state index contributed by atoms with van der Waals surface area (Å²) in [5.41, 5.74) is 27.6. The fourth-order valence-corrected chi connectivity index (χ4v) is 10.0. The summed E-state index contributed by atoms with van der Waals surface area (Å²) in [7, 11) is 0. The SMILES string of the molecule is CC(N)c1ccccc1.Cc1ccc(-c2c(-c3cccc4c3-c3ccccc3C43c4ccccc4-c4ccccc43)ccc3ccccc23)cc1.Cc1ccc(-c2ccccc2)cc1. The van der Waals surface area contributed by atoms with Crippen LogP contribution in [0.25, 0.3) is 66.4 Å². The minimum Gasteiger partial charge on any atom is -0.324 e. The Morgan fingerprint density at radius 3 is 1.36 bits per heavy atom. The Bertz CT molecular complexity index is 3190. The van der Waals surface area contributed by atoms with Gasteiger partial charge in [0.15, 0.2) is 0 Å². The summed E-state index contributed by atoms with van der Waals surface area (Å²) in [4.78, 5) is 0. The summed E-state index contributed by atoms with van der Waals surface area (Å²) in [6.07, 6.45) is 0. The summed E-state index contributed by atoms with van der Waals surface area (Å²) >= 11 is 0. The van der Waals surface area contributed by atoms with Gasteiger partial charge < -0.3 is 5.73 Å². The van der Waals surface area contributed by atoms with Crippen molar-refractivity contribution in [1.29, 1.82) is 0 Å². The largest absolute Gasteiger partial charge is 0.324 e. The minimum absolute atomic E-state index is 0.159. The van der Waals surface area contributed by atoms with E-state index in [0.717, 1.165) is 0 Å². The van der Waals surface area contributed by atoms with Gasteiger partial charge in [0, 0.05) is 6.04 Å². The standard InChI is InChI=1S/C42H28.C13H12.C8H11N/c1-27-21-23-29(24-22-27)40-30-12-3-2-11-28(30)25-26-34(40)33-16-10-20-39-41(33)35-15-6-9-19-38(35)42(39)36-17-7-4-13-31(36)32-14-5-8-18-37(32)42;1-11-7-9-13(10-8-11)12-5-3-2-4-6-12;1-7(9)8-5-3-2-4-6-8/h2-26H,1H3;2-10H,1H3;2-7H,9H2,1H3. The smallest absolute Gasteiger partial charge is 0.0725 e. The molecule has 0 aliphatic heterocycles.